The Labute approximate surface area is 193 Å². The van der Waals surface area contributed by atoms with Gasteiger partial charge in [0.05, 0.1) is 13.7 Å². The van der Waals surface area contributed by atoms with E-state index in [1.54, 1.807) is 13.2 Å². The summed E-state index contributed by atoms with van der Waals surface area (Å²) in [7, 11) is 1.62. The molecule has 0 unspecified atom stereocenters. The first-order valence-electron chi connectivity index (χ1n) is 11.7. The normalized spacial score (nSPS) is 30.3. The van der Waals surface area contributed by atoms with Crippen LogP contribution in [0.5, 0.6) is 11.5 Å². The minimum Gasteiger partial charge on any atom is -0.496 e. The smallest absolute Gasteiger partial charge is 0.123 e. The van der Waals surface area contributed by atoms with Gasteiger partial charge in [-0.2, -0.15) is 0 Å². The van der Waals surface area contributed by atoms with Gasteiger partial charge in [0, 0.05) is 6.42 Å². The highest BCUT2D eigenvalue weighted by Gasteiger charge is 2.44. The fourth-order valence-electron chi connectivity index (χ4n) is 5.32. The Morgan fingerprint density at radius 3 is 2.52 bits per heavy atom. The van der Waals surface area contributed by atoms with E-state index in [0.717, 1.165) is 42.6 Å². The van der Waals surface area contributed by atoms with Gasteiger partial charge in [-0.1, -0.05) is 18.2 Å². The standard InChI is InChI=1S/C26H32O7/c1-31-19-6-4-17(25-24(30)23(29)22(28)21(14-27)32-25)13-18(19)12-15-3-5-20-16(11-15)7-10-26(33-20)8-2-9-26/h3-6,11,13,21-25,27-30H,2,7-10,12,14H2,1H3/t21-,22-,23+,24-,25+/m1/s1. The molecular weight excluding hydrogens is 424 g/mol. The first-order chi connectivity index (χ1) is 15.9. The summed E-state index contributed by atoms with van der Waals surface area (Å²) < 4.78 is 17.6. The van der Waals surface area contributed by atoms with Gasteiger partial charge in [-0.05, 0) is 72.6 Å². The van der Waals surface area contributed by atoms with Crippen molar-refractivity contribution < 1.29 is 34.6 Å². The van der Waals surface area contributed by atoms with Crippen LogP contribution in [0.3, 0.4) is 0 Å². The lowest BCUT2D eigenvalue weighted by Crippen LogP contribution is -2.55. The average Bonchev–Trinajstić information content (AvgIpc) is 2.81. The van der Waals surface area contributed by atoms with Crippen molar-refractivity contribution in [3.05, 3.63) is 58.7 Å². The zero-order valence-electron chi connectivity index (χ0n) is 18.8. The van der Waals surface area contributed by atoms with Crippen molar-refractivity contribution in [1.82, 2.24) is 0 Å². The van der Waals surface area contributed by atoms with E-state index in [1.165, 1.54) is 12.0 Å². The molecule has 2 heterocycles. The number of hydrogen-bond donors (Lipinski definition) is 4. The van der Waals surface area contributed by atoms with Crippen molar-refractivity contribution >= 4 is 0 Å². The van der Waals surface area contributed by atoms with E-state index in [-0.39, 0.29) is 5.60 Å². The van der Waals surface area contributed by atoms with Gasteiger partial charge in [0.15, 0.2) is 0 Å². The van der Waals surface area contributed by atoms with Gasteiger partial charge >= 0.3 is 0 Å². The van der Waals surface area contributed by atoms with E-state index in [9.17, 15) is 20.4 Å². The Morgan fingerprint density at radius 2 is 1.82 bits per heavy atom. The third-order valence-electron chi connectivity index (χ3n) is 7.49. The lowest BCUT2D eigenvalue weighted by molar-refractivity contribution is -0.231. The molecule has 0 radical (unpaired) electrons. The molecular formula is C26H32O7. The molecule has 5 atom stereocenters. The molecule has 33 heavy (non-hydrogen) atoms. The molecule has 0 amide bonds. The van der Waals surface area contributed by atoms with Crippen molar-refractivity contribution in [2.75, 3.05) is 13.7 Å². The monoisotopic (exact) mass is 456 g/mol. The van der Waals surface area contributed by atoms with Crippen LogP contribution in [0.4, 0.5) is 0 Å². The van der Waals surface area contributed by atoms with Crippen molar-refractivity contribution in [3.63, 3.8) is 0 Å². The molecule has 1 aliphatic carbocycles. The summed E-state index contributed by atoms with van der Waals surface area (Å²) in [6, 6.07) is 11.8. The second-order valence-electron chi connectivity index (χ2n) is 9.58. The van der Waals surface area contributed by atoms with Gasteiger partial charge < -0.3 is 34.6 Å². The van der Waals surface area contributed by atoms with Gasteiger partial charge in [0.2, 0.25) is 0 Å². The number of aliphatic hydroxyl groups is 4. The van der Waals surface area contributed by atoms with Crippen LogP contribution in [0.1, 0.15) is 54.0 Å². The first kappa shape index (κ1) is 22.6. The lowest BCUT2D eigenvalue weighted by atomic mass is 9.74. The van der Waals surface area contributed by atoms with Crippen LogP contribution in [0.25, 0.3) is 0 Å². The number of methoxy groups -OCH3 is 1. The SMILES string of the molecule is COc1ccc([C@@H]2O[C@H](CO)[C@@H](O)[C@H](O)[C@H]2O)cc1Cc1ccc2c(c1)CCC1(CCC1)O2. The Balaban J connectivity index is 1.39. The molecule has 1 saturated carbocycles. The van der Waals surface area contributed by atoms with Crippen LogP contribution in [-0.2, 0) is 17.6 Å². The maximum atomic E-state index is 10.5. The number of hydrogen-bond acceptors (Lipinski definition) is 7. The molecule has 2 fully saturated rings. The van der Waals surface area contributed by atoms with E-state index < -0.39 is 37.1 Å². The maximum absolute atomic E-state index is 10.5. The highest BCUT2D eigenvalue weighted by Crippen LogP contribution is 2.45. The van der Waals surface area contributed by atoms with Gasteiger partial charge in [-0.15, -0.1) is 0 Å². The molecule has 7 heteroatoms. The minimum atomic E-state index is -1.41. The van der Waals surface area contributed by atoms with Crippen molar-refractivity contribution in [3.8, 4) is 11.5 Å². The number of fused-ring (bicyclic) bond motifs is 1. The second-order valence-corrected chi connectivity index (χ2v) is 9.58. The number of aliphatic hydroxyl groups excluding tert-OH is 4. The number of benzene rings is 2. The zero-order valence-corrected chi connectivity index (χ0v) is 18.8. The molecule has 178 valence electrons. The van der Waals surface area contributed by atoms with Crippen LogP contribution in [0, 0.1) is 0 Å². The van der Waals surface area contributed by atoms with E-state index in [1.807, 2.05) is 12.1 Å². The maximum Gasteiger partial charge on any atom is 0.123 e. The highest BCUT2D eigenvalue weighted by atomic mass is 16.5. The fraction of sp³-hybridized carbons (Fsp3) is 0.538. The Hall–Kier alpha value is -2.16. The topological polar surface area (TPSA) is 109 Å². The number of rotatable bonds is 5. The van der Waals surface area contributed by atoms with Crippen molar-refractivity contribution in [2.45, 2.75) is 74.6 Å². The molecule has 2 aliphatic heterocycles. The van der Waals surface area contributed by atoms with Crippen LogP contribution >= 0.6 is 0 Å². The molecule has 0 aromatic heterocycles. The largest absolute Gasteiger partial charge is 0.496 e. The molecule has 2 aromatic rings. The predicted octanol–water partition coefficient (Wildman–Crippen LogP) is 2.05. The van der Waals surface area contributed by atoms with Crippen LogP contribution < -0.4 is 9.47 Å². The van der Waals surface area contributed by atoms with E-state index in [4.69, 9.17) is 14.2 Å². The van der Waals surface area contributed by atoms with E-state index >= 15 is 0 Å². The Bertz CT molecular complexity index is 1000. The summed E-state index contributed by atoms with van der Waals surface area (Å²) >= 11 is 0. The van der Waals surface area contributed by atoms with E-state index in [2.05, 4.69) is 18.2 Å². The predicted molar refractivity (Wildman–Crippen MR) is 120 cm³/mol. The second kappa shape index (κ2) is 8.89. The van der Waals surface area contributed by atoms with E-state index in [0.29, 0.717) is 17.7 Å². The van der Waals surface area contributed by atoms with Gasteiger partial charge in [-0.3, -0.25) is 0 Å². The summed E-state index contributed by atoms with van der Waals surface area (Å²) in [6.07, 6.45) is 0.326. The molecule has 1 saturated heterocycles. The molecule has 2 aromatic carbocycles. The molecule has 7 nitrogen and oxygen atoms in total. The summed E-state index contributed by atoms with van der Waals surface area (Å²) in [5.74, 6) is 1.71. The number of ether oxygens (including phenoxy) is 3. The molecule has 0 bridgehead atoms. The van der Waals surface area contributed by atoms with Crippen LogP contribution in [0.2, 0.25) is 0 Å². The fourth-order valence-corrected chi connectivity index (χ4v) is 5.32. The molecule has 1 spiro atoms. The average molecular weight is 457 g/mol. The minimum absolute atomic E-state index is 0.0669. The first-order valence-corrected chi connectivity index (χ1v) is 11.7. The van der Waals surface area contributed by atoms with Crippen LogP contribution in [-0.4, -0.2) is 64.2 Å². The third kappa shape index (κ3) is 4.13. The number of aryl methyl sites for hydroxylation is 1. The van der Waals surface area contributed by atoms with Crippen LogP contribution in [0.15, 0.2) is 36.4 Å². The summed E-state index contributed by atoms with van der Waals surface area (Å²) in [5.41, 5.74) is 3.99. The summed E-state index contributed by atoms with van der Waals surface area (Å²) in [6.45, 7) is -0.455. The van der Waals surface area contributed by atoms with Gasteiger partial charge in [0.1, 0.15) is 47.6 Å². The zero-order chi connectivity index (χ0) is 23.2. The van der Waals surface area contributed by atoms with Gasteiger partial charge in [0.25, 0.3) is 0 Å². The highest BCUT2D eigenvalue weighted by molar-refractivity contribution is 5.45. The van der Waals surface area contributed by atoms with Crippen molar-refractivity contribution in [1.29, 1.82) is 0 Å². The molecule has 5 rings (SSSR count). The Morgan fingerprint density at radius 1 is 1.00 bits per heavy atom. The summed E-state index contributed by atoms with van der Waals surface area (Å²) in [4.78, 5) is 0. The Kier molecular flexibility index (Phi) is 6.09. The molecule has 4 N–H and O–H groups in total. The lowest BCUT2D eigenvalue weighted by Gasteiger charge is -2.45. The summed E-state index contributed by atoms with van der Waals surface area (Å²) in [5, 5.41) is 40.3. The van der Waals surface area contributed by atoms with Crippen molar-refractivity contribution in [2.24, 2.45) is 0 Å². The third-order valence-corrected chi connectivity index (χ3v) is 7.49. The quantitative estimate of drug-likeness (QED) is 0.545. The van der Waals surface area contributed by atoms with Gasteiger partial charge in [-0.25, -0.2) is 0 Å². The molecule has 3 aliphatic rings.